The predicted octanol–water partition coefficient (Wildman–Crippen LogP) is 2.43. The fourth-order valence-corrected chi connectivity index (χ4v) is 4.33. The lowest BCUT2D eigenvalue weighted by atomic mass is 10.0. The highest BCUT2D eigenvalue weighted by atomic mass is 16.2. The van der Waals surface area contributed by atoms with Crippen LogP contribution in [-0.2, 0) is 19.9 Å². The summed E-state index contributed by atoms with van der Waals surface area (Å²) in [5.74, 6) is 1.03. The molecule has 2 aromatic rings. The average Bonchev–Trinajstić information content (AvgIpc) is 3.29. The van der Waals surface area contributed by atoms with Gasteiger partial charge in [0.2, 0.25) is 0 Å². The molecule has 2 amide bonds. The Morgan fingerprint density at radius 1 is 1.14 bits per heavy atom. The van der Waals surface area contributed by atoms with Crippen LogP contribution in [0.3, 0.4) is 0 Å². The van der Waals surface area contributed by atoms with E-state index in [2.05, 4.69) is 30.8 Å². The SMILES string of the molecule is Cn1nccc1-c1nnc(N2CCC(NC(=O)NC(C)(C)C)CC2)c2c1CCC2. The summed E-state index contributed by atoms with van der Waals surface area (Å²) in [6, 6.07) is 2.11. The minimum atomic E-state index is -0.226. The van der Waals surface area contributed by atoms with E-state index in [1.165, 1.54) is 11.1 Å². The van der Waals surface area contributed by atoms with Crippen LogP contribution >= 0.6 is 0 Å². The number of rotatable bonds is 3. The van der Waals surface area contributed by atoms with Crippen molar-refractivity contribution in [3.8, 4) is 11.4 Å². The van der Waals surface area contributed by atoms with Crippen LogP contribution in [0.5, 0.6) is 0 Å². The standard InChI is InChI=1S/C21H31N7O/c1-21(2,3)24-20(29)23-14-9-12-28(13-10-14)19-16-7-5-6-15(16)18(25-26-19)17-8-11-22-27(17)4/h8,11,14H,5-7,9-10,12-13H2,1-4H3,(H2,23,24,29). The van der Waals surface area contributed by atoms with Gasteiger partial charge in [-0.3, -0.25) is 4.68 Å². The molecule has 0 radical (unpaired) electrons. The number of fused-ring (bicyclic) bond motifs is 1. The number of carbonyl (C=O) groups is 1. The second kappa shape index (κ2) is 7.65. The second-order valence-electron chi connectivity index (χ2n) is 9.13. The van der Waals surface area contributed by atoms with E-state index in [0.717, 1.165) is 62.4 Å². The zero-order valence-corrected chi connectivity index (χ0v) is 17.8. The largest absolute Gasteiger partial charge is 0.355 e. The van der Waals surface area contributed by atoms with E-state index in [0.29, 0.717) is 0 Å². The minimum Gasteiger partial charge on any atom is -0.355 e. The molecule has 0 aromatic carbocycles. The van der Waals surface area contributed by atoms with E-state index < -0.39 is 0 Å². The summed E-state index contributed by atoms with van der Waals surface area (Å²) >= 11 is 0. The Balaban J connectivity index is 1.45. The number of hydrogen-bond donors (Lipinski definition) is 2. The summed E-state index contributed by atoms with van der Waals surface area (Å²) in [6.45, 7) is 7.73. The normalized spacial score (nSPS) is 17.3. The number of piperidine rings is 1. The molecule has 1 aliphatic heterocycles. The third-order valence-corrected chi connectivity index (χ3v) is 5.70. The first-order valence-electron chi connectivity index (χ1n) is 10.5. The number of nitrogens with zero attached hydrogens (tertiary/aromatic N) is 5. The van der Waals surface area contributed by atoms with Crippen molar-refractivity contribution in [2.75, 3.05) is 18.0 Å². The van der Waals surface area contributed by atoms with Crippen molar-refractivity contribution in [2.24, 2.45) is 7.05 Å². The average molecular weight is 398 g/mol. The van der Waals surface area contributed by atoms with Crippen molar-refractivity contribution in [3.05, 3.63) is 23.4 Å². The first-order chi connectivity index (χ1) is 13.8. The maximum atomic E-state index is 12.1. The number of aryl methyl sites for hydroxylation is 1. The van der Waals surface area contributed by atoms with Crippen molar-refractivity contribution in [1.29, 1.82) is 0 Å². The van der Waals surface area contributed by atoms with Gasteiger partial charge in [0.15, 0.2) is 5.82 Å². The maximum absolute atomic E-state index is 12.1. The van der Waals surface area contributed by atoms with Gasteiger partial charge in [-0.05, 0) is 64.5 Å². The molecule has 8 heteroatoms. The molecule has 156 valence electrons. The number of aromatic nitrogens is 4. The first kappa shape index (κ1) is 19.7. The van der Waals surface area contributed by atoms with E-state index in [9.17, 15) is 4.79 Å². The second-order valence-corrected chi connectivity index (χ2v) is 9.13. The van der Waals surface area contributed by atoms with Crippen LogP contribution in [0.25, 0.3) is 11.4 Å². The van der Waals surface area contributed by atoms with Crippen LogP contribution < -0.4 is 15.5 Å². The lowest BCUT2D eigenvalue weighted by Crippen LogP contribution is -2.52. The molecule has 8 nitrogen and oxygen atoms in total. The number of anilines is 1. The van der Waals surface area contributed by atoms with E-state index in [1.54, 1.807) is 6.20 Å². The van der Waals surface area contributed by atoms with Gasteiger partial charge in [-0.15, -0.1) is 10.2 Å². The molecule has 0 bridgehead atoms. The Morgan fingerprint density at radius 2 is 1.86 bits per heavy atom. The van der Waals surface area contributed by atoms with E-state index in [4.69, 9.17) is 0 Å². The van der Waals surface area contributed by atoms with E-state index >= 15 is 0 Å². The molecule has 2 aliphatic rings. The molecule has 1 saturated heterocycles. The Bertz CT molecular complexity index is 891. The lowest BCUT2D eigenvalue weighted by molar-refractivity contribution is 0.225. The van der Waals surface area contributed by atoms with Crippen LogP contribution in [0.2, 0.25) is 0 Å². The zero-order chi connectivity index (χ0) is 20.6. The summed E-state index contributed by atoms with van der Waals surface area (Å²) in [5.41, 5.74) is 4.43. The highest BCUT2D eigenvalue weighted by molar-refractivity contribution is 5.75. The molecule has 2 aromatic heterocycles. The third kappa shape index (κ3) is 4.21. The van der Waals surface area contributed by atoms with Crippen molar-refractivity contribution in [1.82, 2.24) is 30.6 Å². The molecule has 0 atom stereocenters. The molecule has 4 rings (SSSR count). The molecular formula is C21H31N7O. The number of amides is 2. The Hall–Kier alpha value is -2.64. The van der Waals surface area contributed by atoms with Crippen molar-refractivity contribution >= 4 is 11.8 Å². The maximum Gasteiger partial charge on any atom is 0.315 e. The highest BCUT2D eigenvalue weighted by Crippen LogP contribution is 2.35. The summed E-state index contributed by atoms with van der Waals surface area (Å²) in [4.78, 5) is 14.5. The molecule has 0 unspecified atom stereocenters. The van der Waals surface area contributed by atoms with Gasteiger partial charge in [-0.2, -0.15) is 5.10 Å². The monoisotopic (exact) mass is 397 g/mol. The van der Waals surface area contributed by atoms with Gasteiger partial charge in [0, 0.05) is 43.5 Å². The molecule has 2 N–H and O–H groups in total. The van der Waals surface area contributed by atoms with Gasteiger partial charge >= 0.3 is 6.03 Å². The van der Waals surface area contributed by atoms with Gasteiger partial charge in [-0.25, -0.2) is 4.79 Å². The summed E-state index contributed by atoms with van der Waals surface area (Å²) < 4.78 is 1.86. The Morgan fingerprint density at radius 3 is 2.52 bits per heavy atom. The van der Waals surface area contributed by atoms with Crippen molar-refractivity contribution in [3.63, 3.8) is 0 Å². The van der Waals surface area contributed by atoms with Crippen LogP contribution in [0.1, 0.15) is 51.2 Å². The van der Waals surface area contributed by atoms with Gasteiger partial charge in [0.1, 0.15) is 5.69 Å². The minimum absolute atomic E-state index is 0.0860. The van der Waals surface area contributed by atoms with Crippen LogP contribution in [0.4, 0.5) is 10.6 Å². The van der Waals surface area contributed by atoms with Gasteiger partial charge in [0.05, 0.1) is 5.69 Å². The fourth-order valence-electron chi connectivity index (χ4n) is 4.33. The quantitative estimate of drug-likeness (QED) is 0.831. The van der Waals surface area contributed by atoms with E-state index in [1.807, 2.05) is 38.6 Å². The molecular weight excluding hydrogens is 366 g/mol. The number of nitrogens with one attached hydrogen (secondary N) is 2. The third-order valence-electron chi connectivity index (χ3n) is 5.70. The molecule has 0 spiro atoms. The summed E-state index contributed by atoms with van der Waals surface area (Å²) in [6.07, 6.45) is 6.88. The Labute approximate surface area is 172 Å². The van der Waals surface area contributed by atoms with Crippen molar-refractivity contribution in [2.45, 2.75) is 64.5 Å². The summed E-state index contributed by atoms with van der Waals surface area (Å²) in [7, 11) is 1.94. The lowest BCUT2D eigenvalue weighted by Gasteiger charge is -2.34. The molecule has 1 aliphatic carbocycles. The van der Waals surface area contributed by atoms with Crippen LogP contribution in [-0.4, -0.2) is 50.7 Å². The molecule has 1 fully saturated rings. The van der Waals surface area contributed by atoms with Crippen LogP contribution in [0.15, 0.2) is 12.3 Å². The Kier molecular flexibility index (Phi) is 5.19. The predicted molar refractivity (Wildman–Crippen MR) is 113 cm³/mol. The van der Waals surface area contributed by atoms with E-state index in [-0.39, 0.29) is 17.6 Å². The number of hydrogen-bond acceptors (Lipinski definition) is 5. The fraction of sp³-hybridized carbons (Fsp3) is 0.619. The van der Waals surface area contributed by atoms with Crippen LogP contribution in [0, 0.1) is 0 Å². The molecule has 0 saturated carbocycles. The first-order valence-corrected chi connectivity index (χ1v) is 10.5. The van der Waals surface area contributed by atoms with Gasteiger partial charge in [0.25, 0.3) is 0 Å². The number of urea groups is 1. The van der Waals surface area contributed by atoms with Crippen molar-refractivity contribution < 1.29 is 4.79 Å². The molecule has 29 heavy (non-hydrogen) atoms. The van der Waals surface area contributed by atoms with Gasteiger partial charge in [-0.1, -0.05) is 0 Å². The smallest absolute Gasteiger partial charge is 0.315 e. The zero-order valence-electron chi connectivity index (χ0n) is 17.8. The topological polar surface area (TPSA) is 88.0 Å². The molecule has 3 heterocycles. The van der Waals surface area contributed by atoms with Gasteiger partial charge < -0.3 is 15.5 Å². The summed E-state index contributed by atoms with van der Waals surface area (Å²) in [5, 5.41) is 19.6. The highest BCUT2D eigenvalue weighted by Gasteiger charge is 2.29. The number of carbonyl (C=O) groups excluding carboxylic acids is 1.